The van der Waals surface area contributed by atoms with Crippen molar-refractivity contribution in [1.82, 2.24) is 10.7 Å². The van der Waals surface area contributed by atoms with E-state index in [1.54, 1.807) is 32.2 Å². The average Bonchev–Trinajstić information content (AvgIpc) is 2.59. The van der Waals surface area contributed by atoms with Crippen molar-refractivity contribution in [2.24, 2.45) is 5.10 Å². The molecule has 0 radical (unpaired) electrons. The first kappa shape index (κ1) is 19.4. The maximum Gasteiger partial charge on any atom is 0.275 e. The van der Waals surface area contributed by atoms with E-state index in [-0.39, 0.29) is 12.3 Å². The maximum atomic E-state index is 12.2. The lowest BCUT2D eigenvalue weighted by Crippen LogP contribution is -2.29. The lowest BCUT2D eigenvalue weighted by atomic mass is 10.2. The Hall–Kier alpha value is -2.61. The third-order valence-electron chi connectivity index (χ3n) is 3.05. The second-order valence-electron chi connectivity index (χ2n) is 4.87. The first-order chi connectivity index (χ1) is 11.5. The van der Waals surface area contributed by atoms with Gasteiger partial charge in [-0.3, -0.25) is 9.59 Å². The number of carbonyl (C=O) groups excluding carboxylic acids is 2. The normalized spacial score (nSPS) is 10.9. The van der Waals surface area contributed by atoms with Crippen LogP contribution in [0.3, 0.4) is 0 Å². The zero-order chi connectivity index (χ0) is 17.9. The molecular weight excluding hydrogens is 314 g/mol. The molecule has 8 heteroatoms. The highest BCUT2D eigenvalue weighted by Crippen LogP contribution is 2.24. The van der Waals surface area contributed by atoms with Gasteiger partial charge in [0, 0.05) is 25.4 Å². The SMILES string of the molecule is COCCNC(=O)CC(C)=NNC(=O)c1ccc(OC)cc1OC. The number of hydrazone groups is 1. The van der Waals surface area contributed by atoms with Crippen LogP contribution in [0.2, 0.25) is 0 Å². The van der Waals surface area contributed by atoms with Gasteiger partial charge in [-0.1, -0.05) is 0 Å². The topological polar surface area (TPSA) is 98.2 Å². The van der Waals surface area contributed by atoms with Crippen molar-refractivity contribution in [2.75, 3.05) is 34.5 Å². The van der Waals surface area contributed by atoms with Gasteiger partial charge in [0.1, 0.15) is 11.5 Å². The molecule has 0 fully saturated rings. The van der Waals surface area contributed by atoms with E-state index in [4.69, 9.17) is 14.2 Å². The van der Waals surface area contributed by atoms with E-state index in [2.05, 4.69) is 15.8 Å². The maximum absolute atomic E-state index is 12.2. The molecule has 0 aliphatic carbocycles. The number of carbonyl (C=O) groups is 2. The summed E-state index contributed by atoms with van der Waals surface area (Å²) in [6.07, 6.45) is 0.0870. The predicted molar refractivity (Wildman–Crippen MR) is 89.6 cm³/mol. The Bertz CT molecular complexity index is 601. The van der Waals surface area contributed by atoms with Crippen molar-refractivity contribution >= 4 is 17.5 Å². The monoisotopic (exact) mass is 337 g/mol. The number of methoxy groups -OCH3 is 3. The van der Waals surface area contributed by atoms with E-state index >= 15 is 0 Å². The zero-order valence-corrected chi connectivity index (χ0v) is 14.3. The van der Waals surface area contributed by atoms with Crippen molar-refractivity contribution < 1.29 is 23.8 Å². The summed E-state index contributed by atoms with van der Waals surface area (Å²) >= 11 is 0. The van der Waals surface area contributed by atoms with Crippen LogP contribution in [0.5, 0.6) is 11.5 Å². The van der Waals surface area contributed by atoms with E-state index < -0.39 is 5.91 Å². The second-order valence-corrected chi connectivity index (χ2v) is 4.87. The van der Waals surface area contributed by atoms with Gasteiger partial charge < -0.3 is 19.5 Å². The summed E-state index contributed by atoms with van der Waals surface area (Å²) in [6.45, 7) is 2.52. The number of rotatable bonds is 9. The Morgan fingerprint density at radius 2 is 1.92 bits per heavy atom. The lowest BCUT2D eigenvalue weighted by molar-refractivity contribution is -0.120. The first-order valence-electron chi connectivity index (χ1n) is 7.33. The third kappa shape index (κ3) is 6.25. The van der Waals surface area contributed by atoms with E-state index in [0.29, 0.717) is 35.9 Å². The highest BCUT2D eigenvalue weighted by atomic mass is 16.5. The van der Waals surface area contributed by atoms with Gasteiger partial charge >= 0.3 is 0 Å². The molecule has 0 atom stereocenters. The number of benzene rings is 1. The summed E-state index contributed by atoms with van der Waals surface area (Å²) in [5.74, 6) is 0.325. The fraction of sp³-hybridized carbons (Fsp3) is 0.438. The molecule has 0 saturated carbocycles. The Kier molecular flexibility index (Phi) is 8.28. The fourth-order valence-electron chi connectivity index (χ4n) is 1.82. The minimum atomic E-state index is -0.436. The number of nitrogens with zero attached hydrogens (tertiary/aromatic N) is 1. The molecule has 0 aliphatic rings. The Morgan fingerprint density at radius 1 is 1.17 bits per heavy atom. The molecular formula is C16H23N3O5. The summed E-state index contributed by atoms with van der Waals surface area (Å²) < 4.78 is 15.1. The number of hydrogen-bond acceptors (Lipinski definition) is 6. The van der Waals surface area contributed by atoms with Crippen LogP contribution in [0.25, 0.3) is 0 Å². The number of amides is 2. The average molecular weight is 337 g/mol. The van der Waals surface area contributed by atoms with Gasteiger partial charge in [-0.15, -0.1) is 0 Å². The van der Waals surface area contributed by atoms with Gasteiger partial charge in [-0.25, -0.2) is 5.43 Å². The molecule has 0 unspecified atom stereocenters. The standard InChI is InChI=1S/C16H23N3O5/c1-11(9-15(20)17-7-8-22-2)18-19-16(21)13-6-5-12(23-3)10-14(13)24-4/h5-6,10H,7-9H2,1-4H3,(H,17,20)(H,19,21). The van der Waals surface area contributed by atoms with Gasteiger partial charge in [0.05, 0.1) is 32.8 Å². The Labute approximate surface area is 141 Å². The molecule has 2 N–H and O–H groups in total. The number of ether oxygens (including phenoxy) is 3. The summed E-state index contributed by atoms with van der Waals surface area (Å²) in [5, 5.41) is 6.60. The molecule has 0 heterocycles. The molecule has 0 saturated heterocycles. The minimum absolute atomic E-state index is 0.0870. The van der Waals surface area contributed by atoms with E-state index in [1.807, 2.05) is 0 Å². The second kappa shape index (κ2) is 10.2. The Morgan fingerprint density at radius 3 is 2.54 bits per heavy atom. The minimum Gasteiger partial charge on any atom is -0.497 e. The molecule has 132 valence electrons. The first-order valence-corrected chi connectivity index (χ1v) is 7.33. The van der Waals surface area contributed by atoms with Crippen LogP contribution in [0.15, 0.2) is 23.3 Å². The van der Waals surface area contributed by atoms with Crippen LogP contribution in [0.1, 0.15) is 23.7 Å². The van der Waals surface area contributed by atoms with Crippen LogP contribution in [-0.4, -0.2) is 52.0 Å². The highest BCUT2D eigenvalue weighted by Gasteiger charge is 2.13. The lowest BCUT2D eigenvalue weighted by Gasteiger charge is -2.09. The summed E-state index contributed by atoms with van der Waals surface area (Å²) in [7, 11) is 4.55. The molecule has 8 nitrogen and oxygen atoms in total. The summed E-state index contributed by atoms with van der Waals surface area (Å²) in [4.78, 5) is 23.8. The van der Waals surface area contributed by atoms with Gasteiger partial charge in [-0.05, 0) is 19.1 Å². The smallest absolute Gasteiger partial charge is 0.275 e. The molecule has 1 rings (SSSR count). The summed E-state index contributed by atoms with van der Waals surface area (Å²) in [6, 6.07) is 4.83. The molecule has 0 aliphatic heterocycles. The van der Waals surface area contributed by atoms with Gasteiger partial charge in [0.2, 0.25) is 5.91 Å². The van der Waals surface area contributed by atoms with Gasteiger partial charge in [0.25, 0.3) is 5.91 Å². The molecule has 0 aromatic heterocycles. The van der Waals surface area contributed by atoms with Crippen LogP contribution in [-0.2, 0) is 9.53 Å². The van der Waals surface area contributed by atoms with Crippen molar-refractivity contribution in [1.29, 1.82) is 0 Å². The fourth-order valence-corrected chi connectivity index (χ4v) is 1.82. The van der Waals surface area contributed by atoms with Gasteiger partial charge in [-0.2, -0.15) is 5.10 Å². The Balaban J connectivity index is 2.62. The molecule has 1 aromatic carbocycles. The van der Waals surface area contributed by atoms with Crippen LogP contribution < -0.4 is 20.2 Å². The van der Waals surface area contributed by atoms with Crippen LogP contribution in [0.4, 0.5) is 0 Å². The van der Waals surface area contributed by atoms with Crippen LogP contribution >= 0.6 is 0 Å². The third-order valence-corrected chi connectivity index (χ3v) is 3.05. The molecule has 0 bridgehead atoms. The summed E-state index contributed by atoms with van der Waals surface area (Å²) in [5.41, 5.74) is 3.20. The quantitative estimate of drug-likeness (QED) is 0.397. The number of hydrogen-bond donors (Lipinski definition) is 2. The van der Waals surface area contributed by atoms with E-state index in [9.17, 15) is 9.59 Å². The van der Waals surface area contributed by atoms with E-state index in [0.717, 1.165) is 0 Å². The number of nitrogens with one attached hydrogen (secondary N) is 2. The largest absolute Gasteiger partial charge is 0.497 e. The van der Waals surface area contributed by atoms with E-state index in [1.165, 1.54) is 14.2 Å². The van der Waals surface area contributed by atoms with Crippen molar-refractivity contribution in [3.8, 4) is 11.5 Å². The van der Waals surface area contributed by atoms with Crippen LogP contribution in [0, 0.1) is 0 Å². The molecule has 0 spiro atoms. The molecule has 24 heavy (non-hydrogen) atoms. The van der Waals surface area contributed by atoms with Gasteiger partial charge in [0.15, 0.2) is 0 Å². The highest BCUT2D eigenvalue weighted by molar-refractivity contribution is 6.01. The van der Waals surface area contributed by atoms with Crippen molar-refractivity contribution in [2.45, 2.75) is 13.3 Å². The predicted octanol–water partition coefficient (Wildman–Crippen LogP) is 0.962. The zero-order valence-electron chi connectivity index (χ0n) is 14.3. The van der Waals surface area contributed by atoms with Crippen molar-refractivity contribution in [3.05, 3.63) is 23.8 Å². The van der Waals surface area contributed by atoms with Crippen molar-refractivity contribution in [3.63, 3.8) is 0 Å². The molecule has 1 aromatic rings. The molecule has 2 amide bonds.